The van der Waals surface area contributed by atoms with Gasteiger partial charge in [0.05, 0.1) is 43.7 Å². The van der Waals surface area contributed by atoms with Crippen molar-refractivity contribution in [1.29, 1.82) is 0 Å². The lowest BCUT2D eigenvalue weighted by Crippen LogP contribution is -2.70. The maximum atomic E-state index is 12.7. The second kappa shape index (κ2) is 20.2. The second-order valence-electron chi connectivity index (χ2n) is 23.5. The molecule has 3 saturated heterocycles. The zero-order chi connectivity index (χ0) is 51.1. The predicted molar refractivity (Wildman–Crippen MR) is 238 cm³/mol. The van der Waals surface area contributed by atoms with Gasteiger partial charge in [-0.2, -0.15) is 0 Å². The van der Waals surface area contributed by atoms with Crippen molar-refractivity contribution in [2.24, 2.45) is 45.3 Å². The summed E-state index contributed by atoms with van der Waals surface area (Å²) in [5.74, 6) is -0.960. The van der Waals surface area contributed by atoms with E-state index >= 15 is 0 Å². The maximum absolute atomic E-state index is 12.7. The largest absolute Gasteiger partial charge is 0.394 e. The van der Waals surface area contributed by atoms with Crippen LogP contribution in [0.3, 0.4) is 0 Å². The molecular formula is C48H82O21. The van der Waals surface area contributed by atoms with Gasteiger partial charge in [0.15, 0.2) is 18.9 Å². The number of aliphatic hydroxyl groups is 13. The lowest BCUT2D eigenvalue weighted by atomic mass is 9.35. The average molecular weight is 995 g/mol. The van der Waals surface area contributed by atoms with Crippen molar-refractivity contribution in [3.63, 3.8) is 0 Å². The van der Waals surface area contributed by atoms with Crippen LogP contribution in [0.1, 0.15) is 100 Å². The molecule has 4 saturated carbocycles. The molecule has 0 aromatic heterocycles. The molecule has 0 spiro atoms. The number of hydrogen-bond acceptors (Lipinski definition) is 21. The normalized spacial score (nSPS) is 52.2. The number of rotatable bonds is 14. The molecule has 21 heteroatoms. The van der Waals surface area contributed by atoms with Gasteiger partial charge in [0, 0.05) is 0 Å². The van der Waals surface area contributed by atoms with Gasteiger partial charge in [-0.15, -0.1) is 0 Å². The molecule has 0 bridgehead atoms. The Hall–Kier alpha value is -1.10. The third-order valence-electron chi connectivity index (χ3n) is 18.8. The Morgan fingerprint density at radius 1 is 0.594 bits per heavy atom. The molecule has 0 amide bonds. The van der Waals surface area contributed by atoms with Gasteiger partial charge in [0.1, 0.15) is 78.8 Å². The Morgan fingerprint density at radius 3 is 1.68 bits per heavy atom. The first kappa shape index (κ1) is 55.6. The third kappa shape index (κ3) is 9.43. The summed E-state index contributed by atoms with van der Waals surface area (Å²) in [5, 5.41) is 151. The fraction of sp³-hybridized carbons (Fsp3) is 0.958. The topological polar surface area (TPSA) is 348 Å². The SMILES string of the molecule is CC(C)(/C=C/CC(C)(O[C@@H]1O[C@H](CO)[C@@H](O)[C@H](O)[C@H]1O)[C@H]1CC[C@]2(C)[C@@H]1[C@H](O)C[C@@H]1[C@@]3(C)C[C@@H](O)[C@H](O[C@@H]4O[C@H](CO)[C@@H](O)[C@H](O)[C@H]4O[C@@H]4O[C@H](CO)[C@@H](O)[C@H](O)[C@H]4O)C(C)(C)C3CC[C@]12C)OO. The smallest absolute Gasteiger partial charge is 0.187 e. The second-order valence-corrected chi connectivity index (χ2v) is 23.5. The molecule has 2 unspecified atom stereocenters. The van der Waals surface area contributed by atoms with E-state index in [4.69, 9.17) is 28.4 Å². The first-order valence-corrected chi connectivity index (χ1v) is 24.7. The minimum Gasteiger partial charge on any atom is -0.394 e. The van der Waals surface area contributed by atoms with E-state index in [0.717, 1.165) is 6.42 Å². The van der Waals surface area contributed by atoms with Crippen molar-refractivity contribution in [2.75, 3.05) is 19.8 Å². The van der Waals surface area contributed by atoms with Gasteiger partial charge in [0.2, 0.25) is 0 Å². The lowest BCUT2D eigenvalue weighted by molar-refractivity contribution is -0.383. The van der Waals surface area contributed by atoms with Crippen LogP contribution in [0.4, 0.5) is 0 Å². The van der Waals surface area contributed by atoms with Crippen LogP contribution in [0.15, 0.2) is 12.2 Å². The van der Waals surface area contributed by atoms with Gasteiger partial charge in [-0.1, -0.05) is 46.8 Å². The minimum atomic E-state index is -1.86. The van der Waals surface area contributed by atoms with Crippen molar-refractivity contribution in [1.82, 2.24) is 0 Å². The fourth-order valence-electron chi connectivity index (χ4n) is 14.9. The van der Waals surface area contributed by atoms with Crippen molar-refractivity contribution in [3.05, 3.63) is 12.2 Å². The molecular weight excluding hydrogens is 913 g/mol. The van der Waals surface area contributed by atoms with Crippen LogP contribution in [0, 0.1) is 45.3 Å². The van der Waals surface area contributed by atoms with Crippen LogP contribution in [0.2, 0.25) is 0 Å². The predicted octanol–water partition coefficient (Wildman–Crippen LogP) is -1.59. The monoisotopic (exact) mass is 995 g/mol. The van der Waals surface area contributed by atoms with Crippen molar-refractivity contribution < 1.29 is 105 Å². The quantitative estimate of drug-likeness (QED) is 0.0404. The first-order chi connectivity index (χ1) is 32.1. The Labute approximate surface area is 403 Å². The first-order valence-electron chi connectivity index (χ1n) is 24.7. The van der Waals surface area contributed by atoms with Gasteiger partial charge in [-0.3, -0.25) is 5.26 Å². The van der Waals surface area contributed by atoms with E-state index in [1.165, 1.54) is 0 Å². The summed E-state index contributed by atoms with van der Waals surface area (Å²) in [6, 6.07) is 0. The summed E-state index contributed by atoms with van der Waals surface area (Å²) in [5.41, 5.74) is -4.57. The molecule has 69 heavy (non-hydrogen) atoms. The van der Waals surface area contributed by atoms with E-state index < -0.39 is 163 Å². The molecule has 3 aliphatic heterocycles. The standard InChI is InChI=1S/C48H82O21/c1-43(2,69-62)12-9-13-48(8,68-41-37(61)34(58)31(55)25(19-50)64-41)21-10-14-47(7)29(21)22(52)16-28-45(5)17-23(53)39(44(3,4)27(45)11-15-46(28,47)6)67-42-38(35(59)32(56)26(20-51)65-42)66-40-36(60)33(57)30(54)24(18-49)63-40/h9,12,21-42,49-62H,10-11,13-20H2,1-8H3/b12-9+/t21-,22+,23+,24+,25+,26+,27?,28+,29-,30+,31+,32+,33-,34-,35-,36+,37+,38+,39-,40-,41-,42-,45-,46+,47+,48?/m0/s1. The summed E-state index contributed by atoms with van der Waals surface area (Å²) in [4.78, 5) is 4.66. The Kier molecular flexibility index (Phi) is 16.3. The maximum Gasteiger partial charge on any atom is 0.187 e. The molecule has 7 rings (SSSR count). The molecule has 21 nitrogen and oxygen atoms in total. The van der Waals surface area contributed by atoms with Crippen molar-refractivity contribution in [2.45, 2.75) is 222 Å². The fourth-order valence-corrected chi connectivity index (χ4v) is 14.9. The van der Waals surface area contributed by atoms with Crippen LogP contribution in [-0.2, 0) is 33.3 Å². The van der Waals surface area contributed by atoms with Gasteiger partial charge in [-0.25, -0.2) is 4.89 Å². The van der Waals surface area contributed by atoms with E-state index in [9.17, 15) is 71.6 Å². The van der Waals surface area contributed by atoms with Crippen LogP contribution in [-0.4, -0.2) is 213 Å². The van der Waals surface area contributed by atoms with Crippen LogP contribution >= 0.6 is 0 Å². The molecule has 400 valence electrons. The summed E-state index contributed by atoms with van der Waals surface area (Å²) in [7, 11) is 0. The number of aliphatic hydroxyl groups excluding tert-OH is 13. The molecule has 0 radical (unpaired) electrons. The zero-order valence-corrected chi connectivity index (χ0v) is 41.0. The minimum absolute atomic E-state index is 0.124. The molecule has 7 fully saturated rings. The van der Waals surface area contributed by atoms with E-state index in [-0.39, 0.29) is 36.5 Å². The highest BCUT2D eigenvalue weighted by Crippen LogP contribution is 2.76. The molecule has 14 N–H and O–H groups in total. The molecule has 0 aromatic carbocycles. The van der Waals surface area contributed by atoms with Gasteiger partial charge < -0.3 is 94.8 Å². The molecule has 0 aromatic rings. The Morgan fingerprint density at radius 2 is 1.12 bits per heavy atom. The Bertz CT molecular complexity index is 1770. The lowest BCUT2D eigenvalue weighted by Gasteiger charge is -2.71. The van der Waals surface area contributed by atoms with E-state index in [0.29, 0.717) is 25.7 Å². The molecule has 26 atom stereocenters. The molecule has 7 aliphatic rings. The highest BCUT2D eigenvalue weighted by atomic mass is 17.1. The summed E-state index contributed by atoms with van der Waals surface area (Å²) >= 11 is 0. The highest BCUT2D eigenvalue weighted by molar-refractivity contribution is 5.21. The number of hydrogen-bond donors (Lipinski definition) is 14. The van der Waals surface area contributed by atoms with Crippen molar-refractivity contribution in [3.8, 4) is 0 Å². The molecule has 4 aliphatic carbocycles. The summed E-state index contributed by atoms with van der Waals surface area (Å²) in [6.45, 7) is 13.7. The number of ether oxygens (including phenoxy) is 6. The zero-order valence-electron chi connectivity index (χ0n) is 41.0. The van der Waals surface area contributed by atoms with Gasteiger partial charge in [-0.05, 0) is 111 Å². The van der Waals surface area contributed by atoms with E-state index in [1.807, 2.05) is 20.8 Å². The Balaban J connectivity index is 1.16. The van der Waals surface area contributed by atoms with Crippen LogP contribution in [0.25, 0.3) is 0 Å². The van der Waals surface area contributed by atoms with Crippen LogP contribution < -0.4 is 0 Å². The summed E-state index contributed by atoms with van der Waals surface area (Å²) < 4.78 is 36.8. The van der Waals surface area contributed by atoms with Crippen LogP contribution in [0.5, 0.6) is 0 Å². The van der Waals surface area contributed by atoms with Gasteiger partial charge >= 0.3 is 0 Å². The molecule has 3 heterocycles. The highest BCUT2D eigenvalue weighted by Gasteiger charge is 2.73. The third-order valence-corrected chi connectivity index (χ3v) is 18.8. The summed E-state index contributed by atoms with van der Waals surface area (Å²) in [6.07, 6.45) is -20.2. The van der Waals surface area contributed by atoms with E-state index in [1.54, 1.807) is 26.0 Å². The van der Waals surface area contributed by atoms with E-state index in [2.05, 4.69) is 25.7 Å². The number of fused-ring (bicyclic) bond motifs is 5. The van der Waals surface area contributed by atoms with Gasteiger partial charge in [0.25, 0.3) is 0 Å². The van der Waals surface area contributed by atoms with Crippen molar-refractivity contribution >= 4 is 0 Å². The average Bonchev–Trinajstić information content (AvgIpc) is 3.68.